The molecule has 1 aromatic rings. The van der Waals surface area contributed by atoms with Gasteiger partial charge in [0.25, 0.3) is 0 Å². The minimum Gasteiger partial charge on any atom is -0.415 e. The Morgan fingerprint density at radius 3 is 2.00 bits per heavy atom. The Bertz CT molecular complexity index is 504. The second-order valence-electron chi connectivity index (χ2n) is 6.03. The first-order valence-electron chi connectivity index (χ1n) is 8.02. The Kier molecular flexibility index (Phi) is 7.78. The summed E-state index contributed by atoms with van der Waals surface area (Å²) in [4.78, 5) is 0. The van der Waals surface area contributed by atoms with Crippen LogP contribution in [-0.2, 0) is 34.2 Å². The summed E-state index contributed by atoms with van der Waals surface area (Å²) >= 11 is 0. The maximum Gasteiger partial charge on any atom is 0.362 e. The summed E-state index contributed by atoms with van der Waals surface area (Å²) in [6, 6.07) is 0.935. The van der Waals surface area contributed by atoms with Gasteiger partial charge in [0.1, 0.15) is 12.4 Å². The van der Waals surface area contributed by atoms with Crippen molar-refractivity contribution in [1.29, 1.82) is 0 Å². The molecule has 1 aliphatic heterocycles. The molecule has 0 aliphatic carbocycles. The van der Waals surface area contributed by atoms with Gasteiger partial charge in [-0.1, -0.05) is 0 Å². The van der Waals surface area contributed by atoms with Gasteiger partial charge in [-0.3, -0.25) is 0 Å². The third-order valence-corrected chi connectivity index (χ3v) is 17.4. The van der Waals surface area contributed by atoms with Crippen molar-refractivity contribution in [1.82, 2.24) is 4.57 Å². The molecule has 7 nitrogen and oxygen atoms in total. The maximum atomic E-state index is 6.32. The van der Waals surface area contributed by atoms with Gasteiger partial charge in [0.2, 0.25) is 6.33 Å². The third-order valence-electron chi connectivity index (χ3n) is 3.45. The van der Waals surface area contributed by atoms with Gasteiger partial charge in [-0.2, -0.15) is 0 Å². The molecule has 4 radical (unpaired) electrons. The summed E-state index contributed by atoms with van der Waals surface area (Å²) in [5, 5.41) is 0. The largest absolute Gasteiger partial charge is 0.415 e. The molecular weight excluding hydrogens is 393 g/mol. The van der Waals surface area contributed by atoms with E-state index >= 15 is 0 Å². The lowest BCUT2D eigenvalue weighted by Crippen LogP contribution is -2.52. The molecule has 1 aromatic heterocycles. The van der Waals surface area contributed by atoms with Crippen LogP contribution in [0.5, 0.6) is 0 Å². The van der Waals surface area contributed by atoms with E-state index in [1.807, 2.05) is 44.0 Å². The van der Waals surface area contributed by atoms with E-state index < -0.39 is 45.7 Å². The third kappa shape index (κ3) is 6.77. The van der Waals surface area contributed by atoms with Gasteiger partial charge in [-0.05, 0) is 45.2 Å². The van der Waals surface area contributed by atoms with E-state index in [0.29, 0.717) is 0 Å². The topological polar surface area (TPSA) is 55.0 Å². The lowest BCUT2D eigenvalue weighted by molar-refractivity contribution is -0.671. The molecule has 1 fully saturated rings. The Morgan fingerprint density at radius 1 is 0.958 bits per heavy atom. The van der Waals surface area contributed by atoms with Gasteiger partial charge >= 0.3 is 45.7 Å². The van der Waals surface area contributed by atoms with E-state index in [0.717, 1.165) is 19.0 Å². The Balaban J connectivity index is 1.96. The molecule has 0 saturated carbocycles. The van der Waals surface area contributed by atoms with Gasteiger partial charge in [0, 0.05) is 0 Å². The minimum absolute atomic E-state index is 0.935. The number of rotatable bonds is 4. The fraction of sp³-hybridized carbons (Fsp3) is 0.750. The molecule has 1 aliphatic rings. The quantitative estimate of drug-likeness (QED) is 0.544. The molecule has 134 valence electrons. The van der Waals surface area contributed by atoms with Crippen molar-refractivity contribution >= 4 is 45.7 Å². The summed E-state index contributed by atoms with van der Waals surface area (Å²) in [5.41, 5.74) is 0. The molecule has 0 unspecified atom stereocenters. The summed E-state index contributed by atoms with van der Waals surface area (Å²) < 4.78 is 34.6. The molecule has 0 bridgehead atoms. The van der Waals surface area contributed by atoms with Gasteiger partial charge < -0.3 is 20.6 Å². The maximum absolute atomic E-state index is 6.32. The summed E-state index contributed by atoms with van der Waals surface area (Å²) in [6.45, 7) is 11.2. The van der Waals surface area contributed by atoms with E-state index in [4.69, 9.17) is 20.6 Å². The summed E-state index contributed by atoms with van der Waals surface area (Å²) in [6.07, 6.45) is 7.24. The van der Waals surface area contributed by atoms with Crippen LogP contribution in [0.25, 0.3) is 0 Å². The van der Waals surface area contributed by atoms with Crippen molar-refractivity contribution in [2.24, 2.45) is 7.05 Å². The first-order valence-corrected chi connectivity index (χ1v) is 17.8. The second kappa shape index (κ2) is 9.15. The highest BCUT2D eigenvalue weighted by Crippen LogP contribution is 2.21. The average molecular weight is 420 g/mol. The smallest absolute Gasteiger partial charge is 0.362 e. The van der Waals surface area contributed by atoms with E-state index in [1.165, 1.54) is 0 Å². The number of aromatic nitrogens is 2. The molecule has 0 atom stereocenters. The lowest BCUT2D eigenvalue weighted by Gasteiger charge is -2.34. The van der Waals surface area contributed by atoms with Crippen molar-refractivity contribution in [3.63, 3.8) is 0 Å². The molecule has 1 saturated heterocycles. The number of imidazole rings is 1. The number of nitrogens with zero attached hydrogens (tertiary/aromatic N) is 2. The van der Waals surface area contributed by atoms with E-state index in [9.17, 15) is 0 Å². The lowest BCUT2D eigenvalue weighted by atomic mass is 10.5. The molecule has 0 spiro atoms. The summed E-state index contributed by atoms with van der Waals surface area (Å²) in [5.74, 6) is 0. The van der Waals surface area contributed by atoms with Crippen LogP contribution in [0.1, 0.15) is 6.42 Å². The van der Waals surface area contributed by atoms with Gasteiger partial charge in [0.05, 0.1) is 13.6 Å². The fourth-order valence-electron chi connectivity index (χ4n) is 2.64. The highest BCUT2D eigenvalue weighted by atomic mass is 28.5. The molecular formula is C12H27N2O5Si5+. The standard InChI is InChI=1S/C12H27N2O5Si5/c1-13-9-10-14(12-13)8-7-11-24(6)18-22(4)16-20(2)15-21(3)17-23(5)19-24/h9-10,12H,7-8,11H2,1-6H3/q+1. The molecule has 2 rings (SSSR count). The van der Waals surface area contributed by atoms with Crippen LogP contribution >= 0.6 is 0 Å². The Hall–Kier alpha value is 0.0944. The van der Waals surface area contributed by atoms with Crippen LogP contribution < -0.4 is 4.57 Å². The zero-order valence-electron chi connectivity index (χ0n) is 15.3. The highest BCUT2D eigenvalue weighted by Gasteiger charge is 2.40. The minimum atomic E-state index is -2.31. The molecule has 0 amide bonds. The molecule has 2 heterocycles. The van der Waals surface area contributed by atoms with Crippen molar-refractivity contribution in [2.75, 3.05) is 0 Å². The molecule has 12 heteroatoms. The first-order chi connectivity index (χ1) is 11.3. The van der Waals surface area contributed by atoms with Crippen molar-refractivity contribution in [3.05, 3.63) is 18.7 Å². The zero-order valence-corrected chi connectivity index (χ0v) is 20.3. The van der Waals surface area contributed by atoms with Gasteiger partial charge in [-0.25, -0.2) is 9.13 Å². The zero-order chi connectivity index (χ0) is 17.7. The van der Waals surface area contributed by atoms with Crippen LogP contribution in [0.4, 0.5) is 0 Å². The van der Waals surface area contributed by atoms with Gasteiger partial charge in [0.15, 0.2) is 0 Å². The number of hydrogen-bond donors (Lipinski definition) is 0. The second-order valence-corrected chi connectivity index (χ2v) is 16.8. The van der Waals surface area contributed by atoms with Crippen molar-refractivity contribution < 1.29 is 25.1 Å². The number of aryl methyl sites for hydroxylation is 2. The van der Waals surface area contributed by atoms with E-state index in [-0.39, 0.29) is 0 Å². The number of hydrogen-bond acceptors (Lipinski definition) is 5. The van der Waals surface area contributed by atoms with Crippen LogP contribution in [-0.4, -0.2) is 50.3 Å². The van der Waals surface area contributed by atoms with Gasteiger partial charge in [-0.15, -0.1) is 0 Å². The van der Waals surface area contributed by atoms with E-state index in [1.54, 1.807) is 0 Å². The predicted molar refractivity (Wildman–Crippen MR) is 98.5 cm³/mol. The first kappa shape index (κ1) is 20.4. The van der Waals surface area contributed by atoms with Crippen molar-refractivity contribution in [2.45, 2.75) is 51.7 Å². The Morgan fingerprint density at radius 2 is 1.50 bits per heavy atom. The molecule has 0 aromatic carbocycles. The summed E-state index contributed by atoms with van der Waals surface area (Å²) in [7, 11) is -5.60. The molecule has 24 heavy (non-hydrogen) atoms. The van der Waals surface area contributed by atoms with Crippen LogP contribution in [0, 0.1) is 0 Å². The molecule has 0 N–H and O–H groups in total. The Labute approximate surface area is 153 Å². The normalized spacial score (nSPS) is 22.8. The fourth-order valence-corrected chi connectivity index (χ4v) is 16.7. The van der Waals surface area contributed by atoms with Crippen LogP contribution in [0.15, 0.2) is 18.7 Å². The highest BCUT2D eigenvalue weighted by molar-refractivity contribution is 6.80. The SMILES string of the molecule is C[n+]1ccn(CCC[Si]2(C)O[Si](C)O[Si](C)O[Si](C)O[Si](C)O2)c1. The van der Waals surface area contributed by atoms with Crippen LogP contribution in [0.3, 0.4) is 0 Å². The van der Waals surface area contributed by atoms with Crippen LogP contribution in [0.2, 0.25) is 38.8 Å². The average Bonchev–Trinajstić information content (AvgIpc) is 2.81. The monoisotopic (exact) mass is 419 g/mol. The van der Waals surface area contributed by atoms with Crippen molar-refractivity contribution in [3.8, 4) is 0 Å². The van der Waals surface area contributed by atoms with E-state index in [2.05, 4.69) is 23.6 Å². The predicted octanol–water partition coefficient (Wildman–Crippen LogP) is 1.34.